The van der Waals surface area contributed by atoms with E-state index in [2.05, 4.69) is 10.6 Å². The van der Waals surface area contributed by atoms with Crippen LogP contribution in [-0.2, 0) is 22.2 Å². The fourth-order valence-corrected chi connectivity index (χ4v) is 4.08. The molecule has 4 atom stereocenters. The van der Waals surface area contributed by atoms with Crippen molar-refractivity contribution >= 4 is 17.5 Å². The number of carbonyl (C=O) groups excluding carboxylic acids is 2. The van der Waals surface area contributed by atoms with Gasteiger partial charge in [0.1, 0.15) is 12.3 Å². The van der Waals surface area contributed by atoms with Crippen molar-refractivity contribution in [2.75, 3.05) is 18.4 Å². The number of aliphatic hydroxyl groups excluding tert-OH is 1. The van der Waals surface area contributed by atoms with Crippen LogP contribution in [-0.4, -0.2) is 59.3 Å². The molecule has 2 aromatic carbocycles. The van der Waals surface area contributed by atoms with Gasteiger partial charge in [0.25, 0.3) is 0 Å². The molecule has 0 radical (unpaired) electrons. The quantitative estimate of drug-likeness (QED) is 0.333. The molecule has 1 aliphatic rings. The highest BCUT2D eigenvalue weighted by Gasteiger charge is 2.32. The number of likely N-dealkylation sites (tertiary alicyclic amines) is 1. The smallest absolute Gasteiger partial charge is 0.378 e. The van der Waals surface area contributed by atoms with Crippen LogP contribution in [0.15, 0.2) is 54.6 Å². The Kier molecular flexibility index (Phi) is 9.43. The Hall–Kier alpha value is -2.99. The zero-order valence-electron chi connectivity index (χ0n) is 19.7. The number of nitrogens with zero attached hydrogens (tertiary/aromatic N) is 1. The second kappa shape index (κ2) is 12.3. The molecule has 1 saturated heterocycles. The van der Waals surface area contributed by atoms with E-state index in [1.54, 1.807) is 4.90 Å². The number of aliphatic hydroxyl groups is 1. The van der Waals surface area contributed by atoms with E-state index < -0.39 is 41.9 Å². The Labute approximate surface area is 207 Å². The van der Waals surface area contributed by atoms with Crippen LogP contribution in [0, 0.1) is 0 Å². The first-order valence-electron chi connectivity index (χ1n) is 11.8. The lowest BCUT2D eigenvalue weighted by Gasteiger charge is -2.26. The fourth-order valence-electron chi connectivity index (χ4n) is 4.08. The molecule has 0 aliphatic carbocycles. The van der Waals surface area contributed by atoms with E-state index in [0.29, 0.717) is 19.5 Å². The molecule has 0 saturated carbocycles. The number of halogens is 3. The Bertz CT molecular complexity index is 1020. The molecule has 8 nitrogen and oxygen atoms in total. The molecule has 2 amide bonds. The van der Waals surface area contributed by atoms with Crippen molar-refractivity contribution in [1.82, 2.24) is 10.2 Å². The van der Waals surface area contributed by atoms with Crippen molar-refractivity contribution in [3.8, 4) is 0 Å². The van der Waals surface area contributed by atoms with Gasteiger partial charge in [-0.25, -0.2) is 0 Å². The van der Waals surface area contributed by atoms with Crippen LogP contribution in [0.3, 0.4) is 0 Å². The lowest BCUT2D eigenvalue weighted by atomic mass is 10.0. The molecule has 196 valence electrons. The van der Waals surface area contributed by atoms with Gasteiger partial charge in [0, 0.05) is 31.2 Å². The van der Waals surface area contributed by atoms with Crippen LogP contribution >= 0.6 is 0 Å². The third-order valence-corrected chi connectivity index (χ3v) is 6.13. The van der Waals surface area contributed by atoms with E-state index >= 15 is 0 Å². The first-order chi connectivity index (χ1) is 17.0. The zero-order chi connectivity index (χ0) is 26.3. The molecule has 1 fully saturated rings. The number of aryl methyl sites for hydroxylation is 1. The van der Waals surface area contributed by atoms with Crippen molar-refractivity contribution in [3.05, 3.63) is 65.7 Å². The molecular formula is C25H32F3N5O3. The minimum Gasteiger partial charge on any atom is -0.378 e. The molecule has 11 heteroatoms. The van der Waals surface area contributed by atoms with Crippen LogP contribution in [0.5, 0.6) is 0 Å². The van der Waals surface area contributed by atoms with Gasteiger partial charge in [-0.2, -0.15) is 13.2 Å². The molecule has 7 N–H and O–H groups in total. The van der Waals surface area contributed by atoms with Crippen molar-refractivity contribution < 1.29 is 27.9 Å². The summed E-state index contributed by atoms with van der Waals surface area (Å²) in [5, 5.41) is 15.5. The molecule has 4 unspecified atom stereocenters. The van der Waals surface area contributed by atoms with Crippen molar-refractivity contribution in [1.29, 1.82) is 0 Å². The number of alkyl halides is 3. The second-order valence-corrected chi connectivity index (χ2v) is 9.02. The van der Waals surface area contributed by atoms with Gasteiger partial charge < -0.3 is 27.2 Å². The minimum absolute atomic E-state index is 0.0427. The first-order valence-corrected chi connectivity index (χ1v) is 11.8. The maximum absolute atomic E-state index is 13.1. The summed E-state index contributed by atoms with van der Waals surface area (Å²) < 4.78 is 39.2. The molecule has 0 spiro atoms. The predicted octanol–water partition coefficient (Wildman–Crippen LogP) is 1.83. The fraction of sp³-hybridized carbons (Fsp3) is 0.440. The van der Waals surface area contributed by atoms with Gasteiger partial charge in [0.2, 0.25) is 11.8 Å². The van der Waals surface area contributed by atoms with Crippen LogP contribution in [0.25, 0.3) is 0 Å². The molecule has 36 heavy (non-hydrogen) atoms. The zero-order valence-corrected chi connectivity index (χ0v) is 19.7. The Morgan fingerprint density at radius 1 is 1.11 bits per heavy atom. The summed E-state index contributed by atoms with van der Waals surface area (Å²) in [6.45, 7) is 1.09. The van der Waals surface area contributed by atoms with E-state index in [-0.39, 0.29) is 24.6 Å². The lowest BCUT2D eigenvalue weighted by molar-refractivity contribution is -0.137. The number of nitrogens with two attached hydrogens (primary N) is 2. The van der Waals surface area contributed by atoms with E-state index in [9.17, 15) is 27.9 Å². The SMILES string of the molecule is NC1CCN(C(O)CC(N)C(=O)NC(CCc2ccccc2)C(=O)Nc2cccc(C(F)(F)F)c2)C1. The molecular weight excluding hydrogens is 475 g/mol. The number of hydrogen-bond acceptors (Lipinski definition) is 6. The van der Waals surface area contributed by atoms with Crippen LogP contribution in [0.4, 0.5) is 18.9 Å². The maximum atomic E-state index is 13.1. The standard InChI is InChI=1S/C25H32F3N5O3/c26-25(27,28)17-7-4-8-19(13-17)31-24(36)21(10-9-16-5-2-1-3-6-16)32-23(35)20(30)14-22(34)33-12-11-18(29)15-33/h1-8,13,18,20-22,34H,9-12,14-15,29-30H2,(H,31,36)(H,32,35). The summed E-state index contributed by atoms with van der Waals surface area (Å²) in [5.74, 6) is -1.31. The third-order valence-electron chi connectivity index (χ3n) is 6.13. The highest BCUT2D eigenvalue weighted by molar-refractivity contribution is 5.97. The minimum atomic E-state index is -4.56. The van der Waals surface area contributed by atoms with E-state index in [1.165, 1.54) is 12.1 Å². The van der Waals surface area contributed by atoms with Gasteiger partial charge in [0.05, 0.1) is 11.6 Å². The van der Waals surface area contributed by atoms with Crippen LogP contribution in [0.1, 0.15) is 30.4 Å². The first kappa shape index (κ1) is 27.6. The predicted molar refractivity (Wildman–Crippen MR) is 130 cm³/mol. The summed E-state index contributed by atoms with van der Waals surface area (Å²) >= 11 is 0. The summed E-state index contributed by atoms with van der Waals surface area (Å²) in [7, 11) is 0. The molecule has 0 aromatic heterocycles. The average molecular weight is 508 g/mol. The Balaban J connectivity index is 1.67. The molecule has 1 heterocycles. The van der Waals surface area contributed by atoms with E-state index in [1.807, 2.05) is 30.3 Å². The van der Waals surface area contributed by atoms with Gasteiger partial charge in [-0.15, -0.1) is 0 Å². The van der Waals surface area contributed by atoms with Crippen LogP contribution in [0.2, 0.25) is 0 Å². The number of nitrogens with one attached hydrogen (secondary N) is 2. The van der Waals surface area contributed by atoms with Gasteiger partial charge >= 0.3 is 6.18 Å². The highest BCUT2D eigenvalue weighted by Crippen LogP contribution is 2.30. The molecule has 1 aliphatic heterocycles. The maximum Gasteiger partial charge on any atom is 0.416 e. The largest absolute Gasteiger partial charge is 0.416 e. The third kappa shape index (κ3) is 8.02. The monoisotopic (exact) mass is 507 g/mol. The van der Waals surface area contributed by atoms with Gasteiger partial charge in [0.15, 0.2) is 0 Å². The molecule has 0 bridgehead atoms. The number of hydrogen-bond donors (Lipinski definition) is 5. The average Bonchev–Trinajstić information content (AvgIpc) is 3.28. The number of benzene rings is 2. The Morgan fingerprint density at radius 2 is 1.83 bits per heavy atom. The topological polar surface area (TPSA) is 134 Å². The van der Waals surface area contributed by atoms with Crippen LogP contribution < -0.4 is 22.1 Å². The van der Waals surface area contributed by atoms with Crippen molar-refractivity contribution in [2.45, 2.75) is 56.2 Å². The summed E-state index contributed by atoms with van der Waals surface area (Å²) in [4.78, 5) is 27.5. The normalized spacial score (nSPS) is 18.9. The van der Waals surface area contributed by atoms with Crippen molar-refractivity contribution in [3.63, 3.8) is 0 Å². The second-order valence-electron chi connectivity index (χ2n) is 9.02. The van der Waals surface area contributed by atoms with E-state index in [0.717, 1.165) is 24.1 Å². The summed E-state index contributed by atoms with van der Waals surface area (Å²) in [5.41, 5.74) is 11.9. The summed E-state index contributed by atoms with van der Waals surface area (Å²) in [6, 6.07) is 11.3. The molecule has 3 rings (SSSR count). The lowest BCUT2D eigenvalue weighted by Crippen LogP contribution is -2.52. The number of amides is 2. The number of carbonyl (C=O) groups is 2. The molecule has 2 aromatic rings. The van der Waals surface area contributed by atoms with Gasteiger partial charge in [-0.3, -0.25) is 14.5 Å². The van der Waals surface area contributed by atoms with E-state index in [4.69, 9.17) is 11.5 Å². The Morgan fingerprint density at radius 3 is 2.47 bits per heavy atom. The number of anilines is 1. The van der Waals surface area contributed by atoms with Gasteiger partial charge in [-0.05, 0) is 43.0 Å². The highest BCUT2D eigenvalue weighted by atomic mass is 19.4. The number of rotatable bonds is 10. The summed E-state index contributed by atoms with van der Waals surface area (Å²) in [6.07, 6.45) is -4.22. The van der Waals surface area contributed by atoms with Crippen molar-refractivity contribution in [2.24, 2.45) is 11.5 Å². The van der Waals surface area contributed by atoms with Gasteiger partial charge in [-0.1, -0.05) is 36.4 Å².